The fourth-order valence-electron chi connectivity index (χ4n) is 2.97. The molecule has 0 bridgehead atoms. The summed E-state index contributed by atoms with van der Waals surface area (Å²) in [6, 6.07) is 12.3. The van der Waals surface area contributed by atoms with Crippen molar-refractivity contribution in [3.05, 3.63) is 59.9 Å². The lowest BCUT2D eigenvalue weighted by molar-refractivity contribution is 0.323. The van der Waals surface area contributed by atoms with E-state index >= 15 is 0 Å². The number of pyridine rings is 1. The van der Waals surface area contributed by atoms with Gasteiger partial charge in [0, 0.05) is 41.9 Å². The van der Waals surface area contributed by atoms with Gasteiger partial charge in [-0.2, -0.15) is 0 Å². The molecule has 0 saturated heterocycles. The fraction of sp³-hybridized carbons (Fsp3) is 0.333. The molecular formula is C21H28IN5O. The zero-order valence-electron chi connectivity index (χ0n) is 16.4. The molecule has 0 radical (unpaired) electrons. The van der Waals surface area contributed by atoms with Crippen molar-refractivity contribution < 1.29 is 4.74 Å². The van der Waals surface area contributed by atoms with Gasteiger partial charge in [-0.1, -0.05) is 24.3 Å². The molecular weight excluding hydrogens is 465 g/mol. The standard InChI is InChI=1S/C21H27N5O.HI/c1-3-22-21(26-15-17-8-7-12-23-20(17)27-4-2)24-13-11-16-14-25-19-10-6-5-9-18(16)19;/h5-10,12,14,25H,3-4,11,13,15H2,1-2H3,(H2,22,24,26);1H. The average molecular weight is 493 g/mol. The van der Waals surface area contributed by atoms with Gasteiger partial charge in [0.15, 0.2) is 5.96 Å². The predicted molar refractivity (Wildman–Crippen MR) is 126 cm³/mol. The highest BCUT2D eigenvalue weighted by Crippen LogP contribution is 2.18. The summed E-state index contributed by atoms with van der Waals surface area (Å²) in [7, 11) is 0. The van der Waals surface area contributed by atoms with Crippen LogP contribution in [0.4, 0.5) is 0 Å². The first-order valence-electron chi connectivity index (χ1n) is 9.45. The van der Waals surface area contributed by atoms with Crippen molar-refractivity contribution in [1.82, 2.24) is 20.6 Å². The first kappa shape index (κ1) is 22.0. The highest BCUT2D eigenvalue weighted by atomic mass is 127. The summed E-state index contributed by atoms with van der Waals surface area (Å²) in [6.07, 6.45) is 4.74. The second-order valence-electron chi connectivity index (χ2n) is 6.13. The van der Waals surface area contributed by atoms with Gasteiger partial charge in [-0.25, -0.2) is 9.98 Å². The summed E-state index contributed by atoms with van der Waals surface area (Å²) in [6.45, 7) is 6.75. The normalized spacial score (nSPS) is 11.1. The highest BCUT2D eigenvalue weighted by Gasteiger charge is 2.06. The van der Waals surface area contributed by atoms with Gasteiger partial charge in [-0.05, 0) is 38.0 Å². The minimum Gasteiger partial charge on any atom is -0.478 e. The van der Waals surface area contributed by atoms with Crippen LogP contribution in [0.2, 0.25) is 0 Å². The number of guanidine groups is 1. The van der Waals surface area contributed by atoms with Gasteiger partial charge >= 0.3 is 0 Å². The number of ether oxygens (including phenoxy) is 1. The Kier molecular flexibility index (Phi) is 9.06. The molecule has 0 fully saturated rings. The van der Waals surface area contributed by atoms with Crippen molar-refractivity contribution in [3.63, 3.8) is 0 Å². The summed E-state index contributed by atoms with van der Waals surface area (Å²) in [5, 5.41) is 7.98. The molecule has 0 saturated carbocycles. The van der Waals surface area contributed by atoms with Crippen LogP contribution < -0.4 is 15.4 Å². The molecule has 0 spiro atoms. The van der Waals surface area contributed by atoms with E-state index in [1.54, 1.807) is 6.20 Å². The van der Waals surface area contributed by atoms with E-state index in [0.29, 0.717) is 19.0 Å². The van der Waals surface area contributed by atoms with Crippen molar-refractivity contribution in [3.8, 4) is 5.88 Å². The lowest BCUT2D eigenvalue weighted by Crippen LogP contribution is -2.38. The summed E-state index contributed by atoms with van der Waals surface area (Å²) in [5.41, 5.74) is 3.46. The van der Waals surface area contributed by atoms with Crippen molar-refractivity contribution in [1.29, 1.82) is 0 Å². The molecule has 0 unspecified atom stereocenters. The molecule has 3 aromatic rings. The smallest absolute Gasteiger partial charge is 0.218 e. The largest absolute Gasteiger partial charge is 0.478 e. The van der Waals surface area contributed by atoms with E-state index < -0.39 is 0 Å². The SMILES string of the molecule is CCNC(=NCc1cccnc1OCC)NCCc1c[nH]c2ccccc12.I. The summed E-state index contributed by atoms with van der Waals surface area (Å²) in [5.74, 6) is 1.45. The molecule has 7 heteroatoms. The molecule has 150 valence electrons. The third-order valence-electron chi connectivity index (χ3n) is 4.24. The molecule has 28 heavy (non-hydrogen) atoms. The van der Waals surface area contributed by atoms with Gasteiger partial charge in [0.05, 0.1) is 13.2 Å². The van der Waals surface area contributed by atoms with E-state index in [0.717, 1.165) is 31.0 Å². The number of fused-ring (bicyclic) bond motifs is 1. The zero-order chi connectivity index (χ0) is 18.9. The number of hydrogen-bond acceptors (Lipinski definition) is 3. The van der Waals surface area contributed by atoms with Crippen molar-refractivity contribution in [2.24, 2.45) is 4.99 Å². The van der Waals surface area contributed by atoms with Crippen LogP contribution in [0.25, 0.3) is 10.9 Å². The first-order valence-corrected chi connectivity index (χ1v) is 9.45. The second-order valence-corrected chi connectivity index (χ2v) is 6.13. The summed E-state index contributed by atoms with van der Waals surface area (Å²) >= 11 is 0. The Labute approximate surface area is 183 Å². The Balaban J connectivity index is 0.00000280. The monoisotopic (exact) mass is 493 g/mol. The number of H-pyrrole nitrogens is 1. The van der Waals surface area contributed by atoms with Crippen molar-refractivity contribution in [2.75, 3.05) is 19.7 Å². The first-order chi connectivity index (χ1) is 13.3. The van der Waals surface area contributed by atoms with Crippen LogP contribution in [0.1, 0.15) is 25.0 Å². The van der Waals surface area contributed by atoms with Gasteiger partial charge in [0.1, 0.15) is 0 Å². The zero-order valence-corrected chi connectivity index (χ0v) is 18.7. The molecule has 3 N–H and O–H groups in total. The molecule has 0 atom stereocenters. The Bertz CT molecular complexity index is 893. The number of rotatable bonds is 8. The maximum absolute atomic E-state index is 5.58. The lowest BCUT2D eigenvalue weighted by Gasteiger charge is -2.12. The summed E-state index contributed by atoms with van der Waals surface area (Å²) < 4.78 is 5.58. The molecule has 0 aliphatic rings. The molecule has 2 heterocycles. The Morgan fingerprint density at radius 1 is 1.11 bits per heavy atom. The quantitative estimate of drug-likeness (QED) is 0.253. The van der Waals surface area contributed by atoms with Crippen LogP contribution in [0.3, 0.4) is 0 Å². The van der Waals surface area contributed by atoms with E-state index in [1.807, 2.05) is 25.1 Å². The van der Waals surface area contributed by atoms with Crippen molar-refractivity contribution in [2.45, 2.75) is 26.8 Å². The summed E-state index contributed by atoms with van der Waals surface area (Å²) in [4.78, 5) is 12.3. The lowest BCUT2D eigenvalue weighted by atomic mass is 10.1. The van der Waals surface area contributed by atoms with Crippen LogP contribution in [0.15, 0.2) is 53.8 Å². The number of halogens is 1. The fourth-order valence-corrected chi connectivity index (χ4v) is 2.97. The second kappa shape index (κ2) is 11.5. The Morgan fingerprint density at radius 2 is 1.96 bits per heavy atom. The number of aliphatic imine (C=N–C) groups is 1. The molecule has 0 aliphatic heterocycles. The maximum atomic E-state index is 5.58. The van der Waals surface area contributed by atoms with E-state index in [4.69, 9.17) is 4.74 Å². The third kappa shape index (κ3) is 5.85. The molecule has 1 aromatic carbocycles. The van der Waals surface area contributed by atoms with Gasteiger partial charge in [-0.15, -0.1) is 24.0 Å². The van der Waals surface area contributed by atoms with E-state index in [-0.39, 0.29) is 24.0 Å². The van der Waals surface area contributed by atoms with E-state index in [1.165, 1.54) is 16.5 Å². The maximum Gasteiger partial charge on any atom is 0.218 e. The predicted octanol–water partition coefficient (Wildman–Crippen LogP) is 3.88. The molecule has 2 aromatic heterocycles. The molecule has 0 aliphatic carbocycles. The van der Waals surface area contributed by atoms with Crippen LogP contribution in [0, 0.1) is 0 Å². The number of nitrogens with zero attached hydrogens (tertiary/aromatic N) is 2. The van der Waals surface area contributed by atoms with Gasteiger partial charge < -0.3 is 20.4 Å². The van der Waals surface area contributed by atoms with E-state index in [2.05, 4.69) is 56.9 Å². The molecule has 0 amide bonds. The van der Waals surface area contributed by atoms with Gasteiger partial charge in [-0.3, -0.25) is 0 Å². The number of benzene rings is 1. The number of hydrogen-bond donors (Lipinski definition) is 3. The average Bonchev–Trinajstić information content (AvgIpc) is 3.10. The third-order valence-corrected chi connectivity index (χ3v) is 4.24. The number of aromatic amines is 1. The van der Waals surface area contributed by atoms with Crippen molar-refractivity contribution >= 4 is 40.8 Å². The molecule has 3 rings (SSSR count). The van der Waals surface area contributed by atoms with Crippen LogP contribution in [0.5, 0.6) is 5.88 Å². The van der Waals surface area contributed by atoms with Crippen LogP contribution in [-0.2, 0) is 13.0 Å². The minimum atomic E-state index is 0. The van der Waals surface area contributed by atoms with Crippen LogP contribution >= 0.6 is 24.0 Å². The Morgan fingerprint density at radius 3 is 2.79 bits per heavy atom. The van der Waals surface area contributed by atoms with Gasteiger partial charge in [0.2, 0.25) is 5.88 Å². The Hall–Kier alpha value is -2.29. The number of nitrogens with one attached hydrogen (secondary N) is 3. The van der Waals surface area contributed by atoms with Crippen LogP contribution in [-0.4, -0.2) is 35.6 Å². The van der Waals surface area contributed by atoms with Gasteiger partial charge in [0.25, 0.3) is 0 Å². The molecule has 6 nitrogen and oxygen atoms in total. The van der Waals surface area contributed by atoms with E-state index in [9.17, 15) is 0 Å². The minimum absolute atomic E-state index is 0. The highest BCUT2D eigenvalue weighted by molar-refractivity contribution is 14.0. The number of para-hydroxylation sites is 1. The number of aromatic nitrogens is 2. The topological polar surface area (TPSA) is 74.3 Å².